The zero-order valence-corrected chi connectivity index (χ0v) is 13.2. The van der Waals surface area contributed by atoms with Gasteiger partial charge in [-0.2, -0.15) is 10.1 Å². The van der Waals surface area contributed by atoms with Gasteiger partial charge < -0.3 is 4.74 Å². The van der Waals surface area contributed by atoms with Crippen LogP contribution in [-0.2, 0) is 10.0 Å². The molecule has 0 saturated carbocycles. The van der Waals surface area contributed by atoms with Gasteiger partial charge in [0.2, 0.25) is 5.95 Å². The normalized spacial score (nSPS) is 11.7. The summed E-state index contributed by atoms with van der Waals surface area (Å²) in [5.41, 5.74) is 1.94. The third kappa shape index (κ3) is 3.15. The largest absolute Gasteiger partial charge is 0.495 e. The minimum atomic E-state index is -3.81. The van der Waals surface area contributed by atoms with Gasteiger partial charge in [-0.3, -0.25) is 0 Å². The number of rotatable bonds is 5. The summed E-state index contributed by atoms with van der Waals surface area (Å²) in [6.45, 7) is 5.95. The van der Waals surface area contributed by atoms with Crippen molar-refractivity contribution in [3.8, 4) is 5.75 Å². The molecule has 0 fully saturated rings. The number of nitrogens with zero attached hydrogens (tertiary/aromatic N) is 2. The Balaban J connectivity index is 2.53. The molecule has 0 aliphatic heterocycles. The van der Waals surface area contributed by atoms with E-state index in [0.29, 0.717) is 5.75 Å². The Morgan fingerprint density at radius 1 is 1.33 bits per heavy atom. The number of aryl methyl sites for hydroxylation is 1. The highest BCUT2D eigenvalue weighted by atomic mass is 32.2. The molecule has 0 bridgehead atoms. The van der Waals surface area contributed by atoms with Crippen molar-refractivity contribution in [2.45, 2.75) is 31.6 Å². The molecular formula is C13H18N4O3S. The van der Waals surface area contributed by atoms with Gasteiger partial charge in [0.15, 0.2) is 0 Å². The summed E-state index contributed by atoms with van der Waals surface area (Å²) < 4.78 is 32.5. The first-order valence-corrected chi connectivity index (χ1v) is 7.90. The van der Waals surface area contributed by atoms with Crippen molar-refractivity contribution >= 4 is 16.0 Å². The Morgan fingerprint density at radius 2 is 2.05 bits per heavy atom. The van der Waals surface area contributed by atoms with Gasteiger partial charge in [-0.1, -0.05) is 13.8 Å². The minimum absolute atomic E-state index is 0.0590. The fourth-order valence-corrected chi connectivity index (χ4v) is 3.26. The molecule has 0 spiro atoms. The van der Waals surface area contributed by atoms with Gasteiger partial charge >= 0.3 is 0 Å². The van der Waals surface area contributed by atoms with E-state index in [1.54, 1.807) is 12.1 Å². The van der Waals surface area contributed by atoms with Crippen LogP contribution in [0.1, 0.15) is 30.9 Å². The fraction of sp³-hybridized carbons (Fsp3) is 0.385. The lowest BCUT2D eigenvalue weighted by Crippen LogP contribution is -2.16. The molecule has 0 radical (unpaired) electrons. The molecule has 0 amide bonds. The number of aromatic amines is 1. The Morgan fingerprint density at radius 3 is 2.57 bits per heavy atom. The number of benzene rings is 1. The topological polar surface area (TPSA) is 97.0 Å². The van der Waals surface area contributed by atoms with Crippen molar-refractivity contribution in [2.75, 3.05) is 11.8 Å². The van der Waals surface area contributed by atoms with E-state index in [1.807, 2.05) is 20.8 Å². The number of anilines is 1. The summed E-state index contributed by atoms with van der Waals surface area (Å²) in [7, 11) is -2.37. The fourth-order valence-electron chi connectivity index (χ4n) is 2.11. The van der Waals surface area contributed by atoms with E-state index in [-0.39, 0.29) is 16.8 Å². The van der Waals surface area contributed by atoms with Crippen molar-refractivity contribution < 1.29 is 13.2 Å². The molecule has 8 heteroatoms. The lowest BCUT2D eigenvalue weighted by molar-refractivity contribution is 0.402. The van der Waals surface area contributed by atoms with Gasteiger partial charge in [-0.25, -0.2) is 18.2 Å². The zero-order valence-electron chi connectivity index (χ0n) is 12.3. The summed E-state index contributed by atoms with van der Waals surface area (Å²) in [6.07, 6.45) is 1.23. The number of ether oxygens (including phenoxy) is 1. The van der Waals surface area contributed by atoms with Crippen LogP contribution in [0.5, 0.6) is 5.75 Å². The van der Waals surface area contributed by atoms with E-state index in [2.05, 4.69) is 19.9 Å². The number of aromatic nitrogens is 3. The lowest BCUT2D eigenvalue weighted by Gasteiger charge is -2.16. The SMILES string of the molecule is COc1cc(C)c(C(C)C)cc1S(=O)(=O)Nc1ncn[nH]1. The highest BCUT2D eigenvalue weighted by molar-refractivity contribution is 7.92. The van der Waals surface area contributed by atoms with E-state index in [0.717, 1.165) is 11.1 Å². The molecule has 2 N–H and O–H groups in total. The van der Waals surface area contributed by atoms with Crippen molar-refractivity contribution in [1.82, 2.24) is 15.2 Å². The third-order valence-electron chi connectivity index (χ3n) is 3.11. The van der Waals surface area contributed by atoms with Crippen LogP contribution in [-0.4, -0.2) is 30.7 Å². The predicted octanol–water partition coefficient (Wildman–Crippen LogP) is 2.05. The van der Waals surface area contributed by atoms with E-state index in [1.165, 1.54) is 13.4 Å². The Hall–Kier alpha value is -2.09. The lowest BCUT2D eigenvalue weighted by atomic mass is 9.98. The second-order valence-corrected chi connectivity index (χ2v) is 6.60. The third-order valence-corrected chi connectivity index (χ3v) is 4.47. The Kier molecular flexibility index (Phi) is 4.17. The van der Waals surface area contributed by atoms with E-state index in [9.17, 15) is 8.42 Å². The molecule has 0 atom stereocenters. The van der Waals surface area contributed by atoms with Gasteiger partial charge in [0.1, 0.15) is 17.0 Å². The monoisotopic (exact) mass is 310 g/mol. The van der Waals surface area contributed by atoms with Crippen molar-refractivity contribution in [1.29, 1.82) is 0 Å². The quantitative estimate of drug-likeness (QED) is 0.881. The van der Waals surface area contributed by atoms with Crippen LogP contribution in [0.4, 0.5) is 5.95 Å². The Bertz CT molecular complexity index is 724. The van der Waals surface area contributed by atoms with Gasteiger partial charge in [0, 0.05) is 0 Å². The van der Waals surface area contributed by atoms with Crippen LogP contribution in [0, 0.1) is 6.92 Å². The summed E-state index contributed by atoms with van der Waals surface area (Å²) in [4.78, 5) is 3.84. The highest BCUT2D eigenvalue weighted by Crippen LogP contribution is 2.31. The first kappa shape index (κ1) is 15.3. The van der Waals surface area contributed by atoms with Gasteiger partial charge in [0.25, 0.3) is 10.0 Å². The molecule has 1 heterocycles. The molecule has 1 aromatic heterocycles. The van der Waals surface area contributed by atoms with Crippen LogP contribution in [0.25, 0.3) is 0 Å². The molecule has 2 rings (SSSR count). The van der Waals surface area contributed by atoms with Crippen LogP contribution in [0.3, 0.4) is 0 Å². The average molecular weight is 310 g/mol. The van der Waals surface area contributed by atoms with E-state index >= 15 is 0 Å². The molecule has 0 saturated heterocycles. The van der Waals surface area contributed by atoms with E-state index < -0.39 is 10.0 Å². The number of H-pyrrole nitrogens is 1. The van der Waals surface area contributed by atoms with Crippen molar-refractivity contribution in [3.05, 3.63) is 29.6 Å². The molecule has 7 nitrogen and oxygen atoms in total. The maximum atomic E-state index is 12.5. The molecule has 2 aromatic rings. The van der Waals surface area contributed by atoms with Gasteiger partial charge in [0.05, 0.1) is 7.11 Å². The first-order valence-electron chi connectivity index (χ1n) is 6.42. The van der Waals surface area contributed by atoms with Crippen LogP contribution >= 0.6 is 0 Å². The summed E-state index contributed by atoms with van der Waals surface area (Å²) in [5.74, 6) is 0.558. The maximum absolute atomic E-state index is 12.5. The highest BCUT2D eigenvalue weighted by Gasteiger charge is 2.23. The van der Waals surface area contributed by atoms with Crippen LogP contribution < -0.4 is 9.46 Å². The van der Waals surface area contributed by atoms with Gasteiger partial charge in [-0.05, 0) is 36.1 Å². The second kappa shape index (κ2) is 5.72. The zero-order chi connectivity index (χ0) is 15.6. The maximum Gasteiger partial charge on any atom is 0.267 e. The number of hydrogen-bond donors (Lipinski definition) is 2. The summed E-state index contributed by atoms with van der Waals surface area (Å²) >= 11 is 0. The van der Waals surface area contributed by atoms with E-state index in [4.69, 9.17) is 4.74 Å². The molecular weight excluding hydrogens is 292 g/mol. The molecule has 0 aliphatic rings. The standard InChI is InChI=1S/C13H18N4O3S/c1-8(2)10-6-12(11(20-4)5-9(10)3)21(18,19)17-13-14-7-15-16-13/h5-8H,1-4H3,(H2,14,15,16,17). The van der Waals surface area contributed by atoms with Crippen LogP contribution in [0.15, 0.2) is 23.4 Å². The smallest absolute Gasteiger partial charge is 0.267 e. The number of hydrogen-bond acceptors (Lipinski definition) is 5. The molecule has 0 unspecified atom stereocenters. The Labute approximate surface area is 123 Å². The minimum Gasteiger partial charge on any atom is -0.495 e. The van der Waals surface area contributed by atoms with Gasteiger partial charge in [-0.15, -0.1) is 0 Å². The van der Waals surface area contributed by atoms with Crippen LogP contribution in [0.2, 0.25) is 0 Å². The molecule has 1 aromatic carbocycles. The number of nitrogens with one attached hydrogen (secondary N) is 2. The molecule has 0 aliphatic carbocycles. The predicted molar refractivity (Wildman–Crippen MR) is 79.0 cm³/mol. The summed E-state index contributed by atoms with van der Waals surface area (Å²) in [5, 5.41) is 6.07. The van der Waals surface area contributed by atoms with Crippen molar-refractivity contribution in [3.63, 3.8) is 0 Å². The summed E-state index contributed by atoms with van der Waals surface area (Å²) in [6, 6.07) is 3.36. The molecule has 114 valence electrons. The number of sulfonamides is 1. The second-order valence-electron chi connectivity index (χ2n) is 4.95. The number of methoxy groups -OCH3 is 1. The van der Waals surface area contributed by atoms with Crippen molar-refractivity contribution in [2.24, 2.45) is 0 Å². The first-order chi connectivity index (χ1) is 9.85. The molecule has 21 heavy (non-hydrogen) atoms. The average Bonchev–Trinajstić information content (AvgIpc) is 2.89.